The molecule has 0 aliphatic carbocycles. The van der Waals surface area contributed by atoms with Crippen LogP contribution in [-0.2, 0) is 21.4 Å². The molecule has 0 aromatic heterocycles. The van der Waals surface area contributed by atoms with Crippen LogP contribution in [0.2, 0.25) is 5.02 Å². The Morgan fingerprint density at radius 2 is 1.80 bits per heavy atom. The average Bonchev–Trinajstić information content (AvgIpc) is 2.73. The van der Waals surface area contributed by atoms with E-state index in [2.05, 4.69) is 9.62 Å². The van der Waals surface area contributed by atoms with Gasteiger partial charge in [0.2, 0.25) is 15.9 Å². The maximum atomic E-state index is 12.8. The number of ether oxygens (including phenoxy) is 1. The van der Waals surface area contributed by atoms with E-state index < -0.39 is 16.1 Å². The van der Waals surface area contributed by atoms with Crippen LogP contribution in [0.3, 0.4) is 0 Å². The maximum absolute atomic E-state index is 12.8. The normalized spacial score (nSPS) is 16.3. The predicted octanol–water partition coefficient (Wildman–Crippen LogP) is 2.36. The molecule has 1 aliphatic rings. The number of sulfonamides is 1. The number of rotatable bonds is 7. The Morgan fingerprint density at radius 3 is 2.40 bits per heavy atom. The van der Waals surface area contributed by atoms with Crippen molar-refractivity contribution in [2.75, 3.05) is 33.3 Å². The third kappa shape index (κ3) is 5.72. The van der Waals surface area contributed by atoms with Crippen molar-refractivity contribution in [1.29, 1.82) is 0 Å². The van der Waals surface area contributed by atoms with Crippen LogP contribution >= 0.6 is 11.6 Å². The standard InChI is InChI=1S/C21H26ClN3O4S/c1-16(23-30(27,28)20-8-6-19(29-2)7-9-20)21(26)25-12-10-24(11-13-25)15-17-4-3-5-18(22)14-17/h3-9,14,16,23H,10-13,15H2,1-2H3/t16-/m0/s1. The van der Waals surface area contributed by atoms with Crippen molar-refractivity contribution in [1.82, 2.24) is 14.5 Å². The molecule has 2 aromatic rings. The van der Waals surface area contributed by atoms with Gasteiger partial charge in [0.05, 0.1) is 18.0 Å². The van der Waals surface area contributed by atoms with Crippen molar-refractivity contribution in [2.45, 2.75) is 24.4 Å². The van der Waals surface area contributed by atoms with E-state index in [1.807, 2.05) is 24.3 Å². The molecule has 0 saturated carbocycles. The molecule has 0 bridgehead atoms. The highest BCUT2D eigenvalue weighted by atomic mass is 35.5. The van der Waals surface area contributed by atoms with Gasteiger partial charge >= 0.3 is 0 Å². The van der Waals surface area contributed by atoms with Crippen molar-refractivity contribution in [2.24, 2.45) is 0 Å². The zero-order chi connectivity index (χ0) is 21.7. The van der Waals surface area contributed by atoms with Crippen LogP contribution in [-0.4, -0.2) is 63.5 Å². The molecule has 1 atom stereocenters. The molecule has 0 spiro atoms. The second-order valence-corrected chi connectivity index (χ2v) is 9.40. The molecule has 1 fully saturated rings. The Kier molecular flexibility index (Phi) is 7.36. The monoisotopic (exact) mass is 451 g/mol. The Morgan fingerprint density at radius 1 is 1.13 bits per heavy atom. The quantitative estimate of drug-likeness (QED) is 0.699. The topological polar surface area (TPSA) is 78.9 Å². The van der Waals surface area contributed by atoms with E-state index in [0.29, 0.717) is 23.9 Å². The van der Waals surface area contributed by atoms with Crippen LogP contribution in [0.25, 0.3) is 0 Å². The molecule has 1 amide bonds. The van der Waals surface area contributed by atoms with Crippen LogP contribution in [0, 0.1) is 0 Å². The van der Waals surface area contributed by atoms with Gasteiger partial charge in [-0.25, -0.2) is 8.42 Å². The number of halogens is 1. The molecule has 0 unspecified atom stereocenters. The number of piperazine rings is 1. The summed E-state index contributed by atoms with van der Waals surface area (Å²) in [6.07, 6.45) is 0. The van der Waals surface area contributed by atoms with Gasteiger partial charge in [-0.3, -0.25) is 9.69 Å². The molecule has 1 N–H and O–H groups in total. The summed E-state index contributed by atoms with van der Waals surface area (Å²) in [5.41, 5.74) is 1.13. The van der Waals surface area contributed by atoms with Gasteiger partial charge in [0.25, 0.3) is 0 Å². The number of nitrogens with one attached hydrogen (secondary N) is 1. The molecule has 9 heteroatoms. The zero-order valence-electron chi connectivity index (χ0n) is 17.0. The summed E-state index contributed by atoms with van der Waals surface area (Å²) >= 11 is 6.04. The van der Waals surface area contributed by atoms with E-state index in [4.69, 9.17) is 16.3 Å². The molecule has 0 radical (unpaired) electrons. The number of carbonyl (C=O) groups is 1. The van der Waals surface area contributed by atoms with Gasteiger partial charge in [0, 0.05) is 37.7 Å². The first kappa shape index (κ1) is 22.6. The lowest BCUT2D eigenvalue weighted by Gasteiger charge is -2.36. The molecule has 1 aliphatic heterocycles. The highest BCUT2D eigenvalue weighted by Crippen LogP contribution is 2.17. The number of carbonyl (C=O) groups excluding carboxylic acids is 1. The molecule has 7 nitrogen and oxygen atoms in total. The third-order valence-corrected chi connectivity index (χ3v) is 6.84. The number of hydrogen-bond donors (Lipinski definition) is 1. The Balaban J connectivity index is 1.53. The fourth-order valence-electron chi connectivity index (χ4n) is 3.40. The van der Waals surface area contributed by atoms with Crippen LogP contribution < -0.4 is 9.46 Å². The van der Waals surface area contributed by atoms with E-state index in [1.165, 1.54) is 19.2 Å². The van der Waals surface area contributed by atoms with Crippen molar-refractivity contribution in [3.05, 3.63) is 59.1 Å². The van der Waals surface area contributed by atoms with Crippen molar-refractivity contribution in [3.63, 3.8) is 0 Å². The molecular weight excluding hydrogens is 426 g/mol. The SMILES string of the molecule is COc1ccc(S(=O)(=O)N[C@@H](C)C(=O)N2CCN(Cc3cccc(Cl)c3)CC2)cc1. The molecule has 2 aromatic carbocycles. The van der Waals surface area contributed by atoms with E-state index in [1.54, 1.807) is 24.0 Å². The number of methoxy groups -OCH3 is 1. The minimum Gasteiger partial charge on any atom is -0.497 e. The summed E-state index contributed by atoms with van der Waals surface area (Å²) < 4.78 is 32.7. The van der Waals surface area contributed by atoms with Gasteiger partial charge in [-0.2, -0.15) is 4.72 Å². The van der Waals surface area contributed by atoms with Crippen molar-refractivity contribution < 1.29 is 17.9 Å². The van der Waals surface area contributed by atoms with E-state index in [-0.39, 0.29) is 10.8 Å². The summed E-state index contributed by atoms with van der Waals surface area (Å²) in [6, 6.07) is 12.9. The van der Waals surface area contributed by atoms with Gasteiger partial charge in [-0.15, -0.1) is 0 Å². The Hall–Kier alpha value is -2.13. The van der Waals surface area contributed by atoms with Crippen molar-refractivity contribution >= 4 is 27.5 Å². The molecule has 30 heavy (non-hydrogen) atoms. The van der Waals surface area contributed by atoms with Gasteiger partial charge in [-0.1, -0.05) is 23.7 Å². The first-order chi connectivity index (χ1) is 14.3. The molecule has 1 heterocycles. The molecule has 162 valence electrons. The molecular formula is C21H26ClN3O4S. The smallest absolute Gasteiger partial charge is 0.241 e. The maximum Gasteiger partial charge on any atom is 0.241 e. The number of amides is 1. The summed E-state index contributed by atoms with van der Waals surface area (Å²) in [5, 5.41) is 0.708. The van der Waals surface area contributed by atoms with Crippen LogP contribution in [0.1, 0.15) is 12.5 Å². The van der Waals surface area contributed by atoms with Gasteiger partial charge in [0.15, 0.2) is 0 Å². The van der Waals surface area contributed by atoms with Gasteiger partial charge < -0.3 is 9.64 Å². The van der Waals surface area contributed by atoms with Gasteiger partial charge in [0.1, 0.15) is 5.75 Å². The first-order valence-electron chi connectivity index (χ1n) is 9.70. The largest absolute Gasteiger partial charge is 0.497 e. The fourth-order valence-corrected chi connectivity index (χ4v) is 4.81. The Labute approximate surface area is 182 Å². The summed E-state index contributed by atoms with van der Waals surface area (Å²) in [5.74, 6) is 0.336. The summed E-state index contributed by atoms with van der Waals surface area (Å²) in [6.45, 7) is 4.87. The second kappa shape index (κ2) is 9.78. The molecule has 1 saturated heterocycles. The fraction of sp³-hybridized carbons (Fsp3) is 0.381. The number of benzene rings is 2. The highest BCUT2D eigenvalue weighted by molar-refractivity contribution is 7.89. The van der Waals surface area contributed by atoms with Gasteiger partial charge in [-0.05, 0) is 48.9 Å². The molecule has 3 rings (SSSR count). The lowest BCUT2D eigenvalue weighted by molar-refractivity contribution is -0.134. The van der Waals surface area contributed by atoms with E-state index in [0.717, 1.165) is 25.2 Å². The minimum atomic E-state index is -3.80. The van der Waals surface area contributed by atoms with Crippen LogP contribution in [0.4, 0.5) is 0 Å². The van der Waals surface area contributed by atoms with Crippen LogP contribution in [0.15, 0.2) is 53.4 Å². The highest BCUT2D eigenvalue weighted by Gasteiger charge is 2.28. The first-order valence-corrected chi connectivity index (χ1v) is 11.6. The zero-order valence-corrected chi connectivity index (χ0v) is 18.6. The predicted molar refractivity (Wildman–Crippen MR) is 116 cm³/mol. The second-order valence-electron chi connectivity index (χ2n) is 7.25. The summed E-state index contributed by atoms with van der Waals surface area (Å²) in [4.78, 5) is 16.8. The van der Waals surface area contributed by atoms with Crippen molar-refractivity contribution in [3.8, 4) is 5.75 Å². The lowest BCUT2D eigenvalue weighted by atomic mass is 10.2. The number of hydrogen-bond acceptors (Lipinski definition) is 5. The number of nitrogens with zero attached hydrogens (tertiary/aromatic N) is 2. The Bertz CT molecular complexity index is 974. The van der Waals surface area contributed by atoms with E-state index >= 15 is 0 Å². The van der Waals surface area contributed by atoms with Crippen LogP contribution in [0.5, 0.6) is 5.75 Å². The minimum absolute atomic E-state index is 0.0919. The third-order valence-electron chi connectivity index (χ3n) is 5.05. The lowest BCUT2D eigenvalue weighted by Crippen LogP contribution is -2.53. The average molecular weight is 452 g/mol. The summed E-state index contributed by atoms with van der Waals surface area (Å²) in [7, 11) is -2.29. The van der Waals surface area contributed by atoms with E-state index in [9.17, 15) is 13.2 Å².